The van der Waals surface area contributed by atoms with Crippen LogP contribution in [0.3, 0.4) is 0 Å². The SMILES string of the molecule is CCC1CN(c2ccnc3cc(N)ccc23)CCN1C. The van der Waals surface area contributed by atoms with Crippen LogP contribution in [0.15, 0.2) is 30.5 Å². The summed E-state index contributed by atoms with van der Waals surface area (Å²) in [4.78, 5) is 9.37. The molecule has 2 N–H and O–H groups in total. The van der Waals surface area contributed by atoms with E-state index in [0.29, 0.717) is 6.04 Å². The number of piperazine rings is 1. The molecule has 0 saturated carbocycles. The summed E-state index contributed by atoms with van der Waals surface area (Å²) >= 11 is 0. The van der Waals surface area contributed by atoms with Gasteiger partial charge in [-0.3, -0.25) is 9.88 Å². The fourth-order valence-electron chi connectivity index (χ4n) is 3.03. The minimum atomic E-state index is 0.626. The Hall–Kier alpha value is -1.81. The Labute approximate surface area is 120 Å². The van der Waals surface area contributed by atoms with E-state index in [1.807, 2.05) is 18.3 Å². The van der Waals surface area contributed by atoms with Crippen molar-refractivity contribution in [2.75, 3.05) is 37.3 Å². The van der Waals surface area contributed by atoms with Gasteiger partial charge in [0.1, 0.15) is 0 Å². The van der Waals surface area contributed by atoms with Gasteiger partial charge in [0, 0.05) is 48.6 Å². The predicted molar refractivity (Wildman–Crippen MR) is 85.1 cm³/mol. The molecule has 1 atom stereocenters. The molecule has 0 radical (unpaired) electrons. The van der Waals surface area contributed by atoms with Crippen molar-refractivity contribution >= 4 is 22.3 Å². The Kier molecular flexibility index (Phi) is 3.49. The summed E-state index contributed by atoms with van der Waals surface area (Å²) in [7, 11) is 2.22. The molecule has 3 rings (SSSR count). The number of hydrogen-bond acceptors (Lipinski definition) is 4. The topological polar surface area (TPSA) is 45.4 Å². The van der Waals surface area contributed by atoms with Gasteiger partial charge in [0.25, 0.3) is 0 Å². The van der Waals surface area contributed by atoms with Gasteiger partial charge in [-0.2, -0.15) is 0 Å². The second-order valence-electron chi connectivity index (χ2n) is 5.60. The van der Waals surface area contributed by atoms with Crippen LogP contribution in [0.1, 0.15) is 13.3 Å². The first-order chi connectivity index (χ1) is 9.69. The lowest BCUT2D eigenvalue weighted by Crippen LogP contribution is -2.51. The van der Waals surface area contributed by atoms with Crippen molar-refractivity contribution in [3.8, 4) is 0 Å². The summed E-state index contributed by atoms with van der Waals surface area (Å²) in [5.41, 5.74) is 8.88. The quantitative estimate of drug-likeness (QED) is 0.851. The zero-order valence-electron chi connectivity index (χ0n) is 12.2. The second-order valence-corrected chi connectivity index (χ2v) is 5.60. The number of hydrogen-bond donors (Lipinski definition) is 1. The number of nitrogens with zero attached hydrogens (tertiary/aromatic N) is 3. The highest BCUT2D eigenvalue weighted by atomic mass is 15.3. The lowest BCUT2D eigenvalue weighted by Gasteiger charge is -2.40. The van der Waals surface area contributed by atoms with Crippen molar-refractivity contribution in [3.05, 3.63) is 30.5 Å². The number of benzene rings is 1. The summed E-state index contributed by atoms with van der Waals surface area (Å²) in [6.45, 7) is 5.51. The van der Waals surface area contributed by atoms with E-state index in [9.17, 15) is 0 Å². The fourth-order valence-corrected chi connectivity index (χ4v) is 3.03. The standard InChI is InChI=1S/C16H22N4/c1-3-13-11-20(9-8-19(13)2)16-6-7-18-15-10-12(17)4-5-14(15)16/h4-7,10,13H,3,8-9,11,17H2,1-2H3. The maximum atomic E-state index is 5.85. The molecule has 4 nitrogen and oxygen atoms in total. The first-order valence-corrected chi connectivity index (χ1v) is 7.28. The molecule has 0 spiro atoms. The molecule has 4 heteroatoms. The van der Waals surface area contributed by atoms with Gasteiger partial charge in [0.15, 0.2) is 0 Å². The van der Waals surface area contributed by atoms with E-state index in [2.05, 4.69) is 40.9 Å². The number of fused-ring (bicyclic) bond motifs is 1. The van der Waals surface area contributed by atoms with E-state index in [1.54, 1.807) is 0 Å². The Morgan fingerprint density at radius 2 is 2.15 bits per heavy atom. The van der Waals surface area contributed by atoms with Crippen LogP contribution in [0, 0.1) is 0 Å². The summed E-state index contributed by atoms with van der Waals surface area (Å²) in [6, 6.07) is 8.75. The predicted octanol–water partition coefficient (Wildman–Crippen LogP) is 2.35. The zero-order valence-corrected chi connectivity index (χ0v) is 12.2. The first kappa shape index (κ1) is 13.2. The van der Waals surface area contributed by atoms with Crippen LogP contribution in [0.25, 0.3) is 10.9 Å². The molecule has 1 unspecified atom stereocenters. The molecule has 1 aliphatic heterocycles. The number of rotatable bonds is 2. The second kappa shape index (κ2) is 5.29. The zero-order chi connectivity index (χ0) is 14.1. The number of likely N-dealkylation sites (N-methyl/N-ethyl adjacent to an activating group) is 1. The molecule has 2 aromatic rings. The van der Waals surface area contributed by atoms with Crippen molar-refractivity contribution in [2.45, 2.75) is 19.4 Å². The average molecular weight is 270 g/mol. The van der Waals surface area contributed by atoms with Gasteiger partial charge in [-0.15, -0.1) is 0 Å². The molecule has 0 bridgehead atoms. The highest BCUT2D eigenvalue weighted by Gasteiger charge is 2.23. The molecule has 2 heterocycles. The molecule has 0 aliphatic carbocycles. The molecule has 1 fully saturated rings. The third-order valence-corrected chi connectivity index (χ3v) is 4.33. The normalized spacial score (nSPS) is 20.5. The van der Waals surface area contributed by atoms with E-state index >= 15 is 0 Å². The maximum absolute atomic E-state index is 5.85. The van der Waals surface area contributed by atoms with Gasteiger partial charge in [-0.1, -0.05) is 6.92 Å². The Bertz CT molecular complexity index is 610. The van der Waals surface area contributed by atoms with Crippen molar-refractivity contribution in [2.24, 2.45) is 0 Å². The third-order valence-electron chi connectivity index (χ3n) is 4.33. The number of nitrogen functional groups attached to an aromatic ring is 1. The first-order valence-electron chi connectivity index (χ1n) is 7.28. The van der Waals surface area contributed by atoms with Crippen LogP contribution >= 0.6 is 0 Å². The summed E-state index contributed by atoms with van der Waals surface area (Å²) in [5.74, 6) is 0. The molecule has 20 heavy (non-hydrogen) atoms. The van der Waals surface area contributed by atoms with Crippen LogP contribution in [0.2, 0.25) is 0 Å². The van der Waals surface area contributed by atoms with E-state index in [-0.39, 0.29) is 0 Å². The van der Waals surface area contributed by atoms with E-state index in [4.69, 9.17) is 5.73 Å². The molecule has 106 valence electrons. The van der Waals surface area contributed by atoms with Gasteiger partial charge in [0.2, 0.25) is 0 Å². The van der Waals surface area contributed by atoms with Gasteiger partial charge < -0.3 is 10.6 Å². The Morgan fingerprint density at radius 3 is 2.95 bits per heavy atom. The lowest BCUT2D eigenvalue weighted by molar-refractivity contribution is 0.213. The highest BCUT2D eigenvalue weighted by Crippen LogP contribution is 2.28. The summed E-state index contributed by atoms with van der Waals surface area (Å²) in [5, 5.41) is 1.20. The molecule has 1 aromatic heterocycles. The van der Waals surface area contributed by atoms with Crippen molar-refractivity contribution in [1.29, 1.82) is 0 Å². The van der Waals surface area contributed by atoms with E-state index in [1.165, 1.54) is 17.5 Å². The molecule has 1 saturated heterocycles. The average Bonchev–Trinajstić information content (AvgIpc) is 2.47. The summed E-state index contributed by atoms with van der Waals surface area (Å²) in [6.07, 6.45) is 3.07. The smallest absolute Gasteiger partial charge is 0.0743 e. The number of pyridine rings is 1. The van der Waals surface area contributed by atoms with Crippen LogP contribution in [0.4, 0.5) is 11.4 Å². The lowest BCUT2D eigenvalue weighted by atomic mass is 10.1. The van der Waals surface area contributed by atoms with Gasteiger partial charge >= 0.3 is 0 Å². The Morgan fingerprint density at radius 1 is 1.30 bits per heavy atom. The van der Waals surface area contributed by atoms with Gasteiger partial charge in [-0.05, 0) is 37.7 Å². The molecular formula is C16H22N4. The highest BCUT2D eigenvalue weighted by molar-refractivity contribution is 5.93. The minimum absolute atomic E-state index is 0.626. The number of aromatic nitrogens is 1. The molecular weight excluding hydrogens is 248 g/mol. The number of anilines is 2. The van der Waals surface area contributed by atoms with Crippen molar-refractivity contribution < 1.29 is 0 Å². The van der Waals surface area contributed by atoms with Crippen molar-refractivity contribution in [1.82, 2.24) is 9.88 Å². The molecule has 1 aromatic carbocycles. The summed E-state index contributed by atoms with van der Waals surface area (Å²) < 4.78 is 0. The minimum Gasteiger partial charge on any atom is -0.399 e. The van der Waals surface area contributed by atoms with Crippen LogP contribution in [-0.2, 0) is 0 Å². The van der Waals surface area contributed by atoms with Gasteiger partial charge in [-0.25, -0.2) is 0 Å². The molecule has 0 amide bonds. The third kappa shape index (κ3) is 2.31. The monoisotopic (exact) mass is 270 g/mol. The number of nitrogens with two attached hydrogens (primary N) is 1. The largest absolute Gasteiger partial charge is 0.399 e. The van der Waals surface area contributed by atoms with Crippen LogP contribution in [0.5, 0.6) is 0 Å². The maximum Gasteiger partial charge on any atom is 0.0743 e. The van der Waals surface area contributed by atoms with Crippen LogP contribution in [-0.4, -0.2) is 42.6 Å². The van der Waals surface area contributed by atoms with Crippen molar-refractivity contribution in [3.63, 3.8) is 0 Å². The molecule has 1 aliphatic rings. The van der Waals surface area contributed by atoms with E-state index in [0.717, 1.165) is 30.8 Å². The van der Waals surface area contributed by atoms with E-state index < -0.39 is 0 Å². The van der Waals surface area contributed by atoms with Gasteiger partial charge in [0.05, 0.1) is 5.52 Å². The fraction of sp³-hybridized carbons (Fsp3) is 0.438. The Balaban J connectivity index is 1.98. The van der Waals surface area contributed by atoms with Crippen LogP contribution < -0.4 is 10.6 Å².